The Bertz CT molecular complexity index is 563. The van der Waals surface area contributed by atoms with E-state index in [-0.39, 0.29) is 5.78 Å². The molecule has 0 aliphatic rings. The van der Waals surface area contributed by atoms with Crippen molar-refractivity contribution in [2.75, 3.05) is 0 Å². The molecule has 0 N–H and O–H groups in total. The average molecular weight is 269 g/mol. The number of hydrogen-bond acceptors (Lipinski definition) is 2. The molecular formula is C12H10Cl2N2O. The molecule has 0 saturated carbocycles. The summed E-state index contributed by atoms with van der Waals surface area (Å²) in [6, 6.07) is 5.44. The van der Waals surface area contributed by atoms with Crippen LogP contribution in [0.15, 0.2) is 30.6 Å². The van der Waals surface area contributed by atoms with Gasteiger partial charge in [0.1, 0.15) is 0 Å². The van der Waals surface area contributed by atoms with E-state index in [2.05, 4.69) is 5.10 Å². The van der Waals surface area contributed by atoms with Crippen LogP contribution in [0.5, 0.6) is 0 Å². The number of aromatic nitrogens is 2. The zero-order chi connectivity index (χ0) is 12.4. The molecule has 5 heteroatoms. The van der Waals surface area contributed by atoms with Crippen LogP contribution in [-0.2, 0) is 6.54 Å². The summed E-state index contributed by atoms with van der Waals surface area (Å²) in [6.07, 6.45) is 3.24. The molecule has 0 radical (unpaired) electrons. The van der Waals surface area contributed by atoms with Crippen molar-refractivity contribution in [3.63, 3.8) is 0 Å². The third-order valence-electron chi connectivity index (χ3n) is 2.40. The Morgan fingerprint density at radius 3 is 2.82 bits per heavy atom. The van der Waals surface area contributed by atoms with Gasteiger partial charge in [-0.3, -0.25) is 9.48 Å². The summed E-state index contributed by atoms with van der Waals surface area (Å²) >= 11 is 12.0. The van der Waals surface area contributed by atoms with Crippen molar-refractivity contribution < 1.29 is 4.79 Å². The fourth-order valence-corrected chi connectivity index (χ4v) is 1.86. The van der Waals surface area contributed by atoms with Crippen LogP contribution < -0.4 is 0 Å². The van der Waals surface area contributed by atoms with Crippen molar-refractivity contribution in [2.24, 2.45) is 0 Å². The van der Waals surface area contributed by atoms with Gasteiger partial charge in [-0.25, -0.2) is 0 Å². The molecule has 0 aliphatic carbocycles. The Morgan fingerprint density at radius 2 is 2.18 bits per heavy atom. The molecule has 1 aromatic heterocycles. The molecule has 17 heavy (non-hydrogen) atoms. The topological polar surface area (TPSA) is 34.9 Å². The second-order valence-corrected chi connectivity index (χ2v) is 4.48. The van der Waals surface area contributed by atoms with E-state index >= 15 is 0 Å². The fourth-order valence-electron chi connectivity index (χ4n) is 1.48. The minimum atomic E-state index is -0.00607. The molecule has 0 spiro atoms. The first-order valence-electron chi connectivity index (χ1n) is 5.04. The van der Waals surface area contributed by atoms with Gasteiger partial charge in [0.25, 0.3) is 0 Å². The number of rotatable bonds is 3. The van der Waals surface area contributed by atoms with Gasteiger partial charge in [0.2, 0.25) is 0 Å². The maximum absolute atomic E-state index is 11.1. The Morgan fingerprint density at radius 1 is 1.41 bits per heavy atom. The summed E-state index contributed by atoms with van der Waals surface area (Å²) in [6.45, 7) is 2.00. The first-order valence-corrected chi connectivity index (χ1v) is 5.80. The van der Waals surface area contributed by atoms with Crippen molar-refractivity contribution in [3.8, 4) is 0 Å². The SMILES string of the molecule is CC(=O)c1cnn(Cc2cccc(Cl)c2Cl)c1. The van der Waals surface area contributed by atoms with Gasteiger partial charge in [0, 0.05) is 6.20 Å². The van der Waals surface area contributed by atoms with Crippen molar-refractivity contribution in [2.45, 2.75) is 13.5 Å². The molecule has 0 unspecified atom stereocenters. The van der Waals surface area contributed by atoms with Gasteiger partial charge in [0.05, 0.1) is 28.4 Å². The molecule has 0 amide bonds. The molecule has 2 rings (SSSR count). The van der Waals surface area contributed by atoms with Gasteiger partial charge in [0.15, 0.2) is 5.78 Å². The monoisotopic (exact) mass is 268 g/mol. The van der Waals surface area contributed by atoms with E-state index in [0.29, 0.717) is 22.2 Å². The van der Waals surface area contributed by atoms with E-state index in [1.165, 1.54) is 6.92 Å². The molecule has 0 bridgehead atoms. The summed E-state index contributed by atoms with van der Waals surface area (Å²) < 4.78 is 1.66. The van der Waals surface area contributed by atoms with E-state index < -0.39 is 0 Å². The van der Waals surface area contributed by atoms with Gasteiger partial charge in [-0.15, -0.1) is 0 Å². The van der Waals surface area contributed by atoms with Gasteiger partial charge < -0.3 is 0 Å². The lowest BCUT2D eigenvalue weighted by atomic mass is 10.2. The van der Waals surface area contributed by atoms with Crippen LogP contribution in [0.4, 0.5) is 0 Å². The maximum Gasteiger partial charge on any atom is 0.162 e. The quantitative estimate of drug-likeness (QED) is 0.800. The minimum absolute atomic E-state index is 0.00607. The van der Waals surface area contributed by atoms with Gasteiger partial charge >= 0.3 is 0 Å². The highest BCUT2D eigenvalue weighted by atomic mass is 35.5. The Labute approximate surface area is 109 Å². The normalized spacial score (nSPS) is 10.5. The number of nitrogens with zero attached hydrogens (tertiary/aromatic N) is 2. The zero-order valence-corrected chi connectivity index (χ0v) is 10.7. The predicted octanol–water partition coefficient (Wildman–Crippen LogP) is 3.44. The third kappa shape index (κ3) is 2.68. The Balaban J connectivity index is 2.25. The fraction of sp³-hybridized carbons (Fsp3) is 0.167. The largest absolute Gasteiger partial charge is 0.294 e. The molecular weight excluding hydrogens is 259 g/mol. The zero-order valence-electron chi connectivity index (χ0n) is 9.15. The van der Waals surface area contributed by atoms with Crippen LogP contribution in [0.2, 0.25) is 10.0 Å². The van der Waals surface area contributed by atoms with Crippen LogP contribution in [-0.4, -0.2) is 15.6 Å². The van der Waals surface area contributed by atoms with E-state index in [0.717, 1.165) is 5.56 Å². The van der Waals surface area contributed by atoms with Gasteiger partial charge in [-0.1, -0.05) is 35.3 Å². The number of halogens is 2. The number of ketones is 1. The molecule has 0 aliphatic heterocycles. The van der Waals surface area contributed by atoms with Crippen LogP contribution in [0.3, 0.4) is 0 Å². The Hall–Kier alpha value is -1.32. The highest BCUT2D eigenvalue weighted by Crippen LogP contribution is 2.25. The lowest BCUT2D eigenvalue weighted by Gasteiger charge is -2.05. The van der Waals surface area contributed by atoms with E-state index in [4.69, 9.17) is 23.2 Å². The summed E-state index contributed by atoms with van der Waals surface area (Å²) in [5.41, 5.74) is 1.46. The summed E-state index contributed by atoms with van der Waals surface area (Å²) in [5.74, 6) is -0.00607. The molecule has 0 fully saturated rings. The highest BCUT2D eigenvalue weighted by molar-refractivity contribution is 6.42. The molecule has 0 saturated heterocycles. The van der Waals surface area contributed by atoms with Crippen LogP contribution in [0.25, 0.3) is 0 Å². The summed E-state index contributed by atoms with van der Waals surface area (Å²) in [7, 11) is 0. The number of benzene rings is 1. The lowest BCUT2D eigenvalue weighted by Crippen LogP contribution is -2.01. The number of carbonyl (C=O) groups excluding carboxylic acids is 1. The number of hydrogen-bond donors (Lipinski definition) is 0. The van der Waals surface area contributed by atoms with Crippen molar-refractivity contribution in [1.82, 2.24) is 9.78 Å². The van der Waals surface area contributed by atoms with Crippen molar-refractivity contribution in [3.05, 3.63) is 51.8 Å². The molecule has 1 aromatic carbocycles. The maximum atomic E-state index is 11.1. The second-order valence-electron chi connectivity index (χ2n) is 3.70. The number of carbonyl (C=O) groups is 1. The van der Waals surface area contributed by atoms with E-state index in [9.17, 15) is 4.79 Å². The molecule has 1 heterocycles. The van der Waals surface area contributed by atoms with Crippen molar-refractivity contribution in [1.29, 1.82) is 0 Å². The number of Topliss-reactive ketones (excluding diaryl/α,β-unsaturated/α-hetero) is 1. The summed E-state index contributed by atoms with van der Waals surface area (Å²) in [4.78, 5) is 11.1. The van der Waals surface area contributed by atoms with Gasteiger partial charge in [-0.05, 0) is 18.6 Å². The average Bonchev–Trinajstić information content (AvgIpc) is 2.73. The van der Waals surface area contributed by atoms with Crippen LogP contribution >= 0.6 is 23.2 Å². The lowest BCUT2D eigenvalue weighted by molar-refractivity contribution is 0.101. The van der Waals surface area contributed by atoms with Crippen molar-refractivity contribution >= 4 is 29.0 Å². The molecule has 88 valence electrons. The molecule has 0 atom stereocenters. The molecule has 3 nitrogen and oxygen atoms in total. The molecule has 2 aromatic rings. The Kier molecular flexibility index (Phi) is 3.50. The van der Waals surface area contributed by atoms with Crippen LogP contribution in [0, 0.1) is 0 Å². The smallest absolute Gasteiger partial charge is 0.162 e. The summed E-state index contributed by atoms with van der Waals surface area (Å²) in [5, 5.41) is 5.14. The van der Waals surface area contributed by atoms with Gasteiger partial charge in [-0.2, -0.15) is 5.10 Å². The van der Waals surface area contributed by atoms with E-state index in [1.54, 1.807) is 23.1 Å². The first-order chi connectivity index (χ1) is 8.08. The minimum Gasteiger partial charge on any atom is -0.294 e. The van der Waals surface area contributed by atoms with E-state index in [1.807, 2.05) is 12.1 Å². The predicted molar refractivity (Wildman–Crippen MR) is 67.8 cm³/mol. The highest BCUT2D eigenvalue weighted by Gasteiger charge is 2.07. The standard InChI is InChI=1S/C12H10Cl2N2O/c1-8(17)10-5-15-16(7-10)6-9-3-2-4-11(13)12(9)14/h2-5,7H,6H2,1H3. The second kappa shape index (κ2) is 4.90. The van der Waals surface area contributed by atoms with Crippen LogP contribution in [0.1, 0.15) is 22.8 Å². The third-order valence-corrected chi connectivity index (χ3v) is 3.26. The first kappa shape index (κ1) is 12.1.